The minimum atomic E-state index is 0.827. The number of nitrogens with one attached hydrogen (secondary N) is 1. The van der Waals surface area contributed by atoms with Crippen molar-refractivity contribution in [3.8, 4) is 0 Å². The van der Waals surface area contributed by atoms with Crippen molar-refractivity contribution >= 4 is 15.9 Å². The molecule has 1 saturated heterocycles. The number of hydrogen-bond donors (Lipinski definition) is 1. The van der Waals surface area contributed by atoms with Gasteiger partial charge in [-0.25, -0.2) is 0 Å². The third-order valence-electron chi connectivity index (χ3n) is 3.16. The van der Waals surface area contributed by atoms with Crippen LogP contribution >= 0.6 is 15.9 Å². The molecule has 0 bridgehead atoms. The maximum absolute atomic E-state index is 3.60. The predicted molar refractivity (Wildman–Crippen MR) is 68.2 cm³/mol. The SMILES string of the molecule is Cc1ccc(CC2CCCNC2)cc1Br. The second kappa shape index (κ2) is 5.13. The standard InChI is InChI=1S/C13H18BrN/c1-10-4-5-11(8-13(10)14)7-12-3-2-6-15-9-12/h4-5,8,12,15H,2-3,6-7,9H2,1H3. The van der Waals surface area contributed by atoms with E-state index in [1.165, 1.54) is 48.0 Å². The van der Waals surface area contributed by atoms with Crippen molar-refractivity contribution in [1.82, 2.24) is 5.32 Å². The van der Waals surface area contributed by atoms with E-state index >= 15 is 0 Å². The molecule has 1 heterocycles. The van der Waals surface area contributed by atoms with Gasteiger partial charge in [-0.2, -0.15) is 0 Å². The van der Waals surface area contributed by atoms with Gasteiger partial charge in [0.2, 0.25) is 0 Å². The fourth-order valence-corrected chi connectivity index (χ4v) is 2.62. The van der Waals surface area contributed by atoms with E-state index in [-0.39, 0.29) is 0 Å². The molecule has 0 amide bonds. The van der Waals surface area contributed by atoms with E-state index in [1.807, 2.05) is 0 Å². The first-order valence-corrected chi connectivity index (χ1v) is 6.51. The summed E-state index contributed by atoms with van der Waals surface area (Å²) in [6, 6.07) is 6.73. The van der Waals surface area contributed by atoms with Crippen LogP contribution in [0, 0.1) is 12.8 Å². The topological polar surface area (TPSA) is 12.0 Å². The molecule has 0 radical (unpaired) electrons. The van der Waals surface area contributed by atoms with Gasteiger partial charge in [-0.3, -0.25) is 0 Å². The van der Waals surface area contributed by atoms with Gasteiger partial charge in [0.25, 0.3) is 0 Å². The lowest BCUT2D eigenvalue weighted by Crippen LogP contribution is -2.30. The lowest BCUT2D eigenvalue weighted by Gasteiger charge is -2.22. The summed E-state index contributed by atoms with van der Waals surface area (Å²) in [5, 5.41) is 3.47. The molecule has 0 saturated carbocycles. The van der Waals surface area contributed by atoms with Crippen molar-refractivity contribution < 1.29 is 0 Å². The summed E-state index contributed by atoms with van der Waals surface area (Å²) in [6.07, 6.45) is 3.92. The van der Waals surface area contributed by atoms with Crippen molar-refractivity contribution in [1.29, 1.82) is 0 Å². The van der Waals surface area contributed by atoms with Crippen molar-refractivity contribution in [2.24, 2.45) is 5.92 Å². The Morgan fingerprint density at radius 2 is 2.33 bits per heavy atom. The van der Waals surface area contributed by atoms with Crippen LogP contribution in [0.4, 0.5) is 0 Å². The zero-order chi connectivity index (χ0) is 10.7. The smallest absolute Gasteiger partial charge is 0.0207 e. The molecule has 2 heteroatoms. The molecule has 0 aliphatic carbocycles. The van der Waals surface area contributed by atoms with Gasteiger partial charge in [-0.15, -0.1) is 0 Å². The first kappa shape index (κ1) is 11.2. The maximum atomic E-state index is 3.60. The van der Waals surface area contributed by atoms with E-state index in [2.05, 4.69) is 46.4 Å². The largest absolute Gasteiger partial charge is 0.316 e. The summed E-state index contributed by atoms with van der Waals surface area (Å²) in [6.45, 7) is 4.52. The number of hydrogen-bond acceptors (Lipinski definition) is 1. The minimum Gasteiger partial charge on any atom is -0.316 e. The maximum Gasteiger partial charge on any atom is 0.0207 e. The van der Waals surface area contributed by atoms with Crippen LogP contribution in [0.1, 0.15) is 24.0 Å². The zero-order valence-corrected chi connectivity index (χ0v) is 10.8. The van der Waals surface area contributed by atoms with Gasteiger partial charge < -0.3 is 5.32 Å². The van der Waals surface area contributed by atoms with Crippen LogP contribution in [0.15, 0.2) is 22.7 Å². The molecule has 1 aromatic rings. The van der Waals surface area contributed by atoms with Gasteiger partial charge in [-0.1, -0.05) is 28.1 Å². The third kappa shape index (κ3) is 3.05. The quantitative estimate of drug-likeness (QED) is 0.867. The lowest BCUT2D eigenvalue weighted by atomic mass is 9.92. The van der Waals surface area contributed by atoms with Crippen molar-refractivity contribution in [2.75, 3.05) is 13.1 Å². The van der Waals surface area contributed by atoms with E-state index in [0.29, 0.717) is 0 Å². The molecule has 1 N–H and O–H groups in total. The Balaban J connectivity index is 2.00. The Hall–Kier alpha value is -0.340. The molecule has 1 nitrogen and oxygen atoms in total. The van der Waals surface area contributed by atoms with E-state index in [0.717, 1.165) is 5.92 Å². The van der Waals surface area contributed by atoms with Crippen LogP contribution in [0.5, 0.6) is 0 Å². The summed E-state index contributed by atoms with van der Waals surface area (Å²) in [7, 11) is 0. The number of aryl methyl sites for hydroxylation is 1. The first-order chi connectivity index (χ1) is 7.25. The van der Waals surface area contributed by atoms with Crippen LogP contribution in [0.3, 0.4) is 0 Å². The molecule has 0 aromatic heterocycles. The van der Waals surface area contributed by atoms with Crippen LogP contribution < -0.4 is 5.32 Å². The zero-order valence-electron chi connectivity index (χ0n) is 9.22. The molecule has 1 aromatic carbocycles. The van der Waals surface area contributed by atoms with Crippen molar-refractivity contribution in [3.63, 3.8) is 0 Å². The Labute approximate surface area is 100 Å². The van der Waals surface area contributed by atoms with E-state index in [1.54, 1.807) is 0 Å². The van der Waals surface area contributed by atoms with E-state index in [4.69, 9.17) is 0 Å². The van der Waals surface area contributed by atoms with Gasteiger partial charge in [0.15, 0.2) is 0 Å². The molecule has 1 aliphatic rings. The summed E-state index contributed by atoms with van der Waals surface area (Å²) in [5.41, 5.74) is 2.78. The number of benzene rings is 1. The minimum absolute atomic E-state index is 0.827. The molecule has 1 aliphatic heterocycles. The molecular formula is C13H18BrN. The highest BCUT2D eigenvalue weighted by molar-refractivity contribution is 9.10. The average Bonchev–Trinajstić information content (AvgIpc) is 2.25. The highest BCUT2D eigenvalue weighted by Gasteiger charge is 2.13. The Morgan fingerprint density at radius 3 is 3.00 bits per heavy atom. The van der Waals surface area contributed by atoms with Crippen molar-refractivity contribution in [3.05, 3.63) is 33.8 Å². The monoisotopic (exact) mass is 267 g/mol. The van der Waals surface area contributed by atoms with Crippen LogP contribution in [0.2, 0.25) is 0 Å². The Bertz CT molecular complexity index is 329. The predicted octanol–water partition coefficient (Wildman–Crippen LogP) is 3.30. The molecule has 1 fully saturated rings. The van der Waals surface area contributed by atoms with Gasteiger partial charge in [0.1, 0.15) is 0 Å². The molecular weight excluding hydrogens is 250 g/mol. The Morgan fingerprint density at radius 1 is 1.47 bits per heavy atom. The first-order valence-electron chi connectivity index (χ1n) is 5.71. The molecule has 1 unspecified atom stereocenters. The molecule has 1 atom stereocenters. The number of halogens is 1. The van der Waals surface area contributed by atoms with Crippen molar-refractivity contribution in [2.45, 2.75) is 26.2 Å². The number of rotatable bonds is 2. The summed E-state index contributed by atoms with van der Waals surface area (Å²) in [4.78, 5) is 0. The van der Waals surface area contributed by atoms with Crippen LogP contribution in [-0.4, -0.2) is 13.1 Å². The Kier molecular flexibility index (Phi) is 3.81. The second-order valence-corrected chi connectivity index (χ2v) is 5.35. The molecule has 2 rings (SSSR count). The highest BCUT2D eigenvalue weighted by Crippen LogP contribution is 2.21. The molecule has 0 spiro atoms. The average molecular weight is 268 g/mol. The molecule has 82 valence electrons. The van der Waals surface area contributed by atoms with Gasteiger partial charge in [0, 0.05) is 4.47 Å². The van der Waals surface area contributed by atoms with Gasteiger partial charge >= 0.3 is 0 Å². The molecule has 15 heavy (non-hydrogen) atoms. The number of piperidine rings is 1. The van der Waals surface area contributed by atoms with Gasteiger partial charge in [0.05, 0.1) is 0 Å². The fourth-order valence-electron chi connectivity index (χ4n) is 2.19. The van der Waals surface area contributed by atoms with E-state index in [9.17, 15) is 0 Å². The van der Waals surface area contributed by atoms with Crippen LogP contribution in [0.25, 0.3) is 0 Å². The summed E-state index contributed by atoms with van der Waals surface area (Å²) in [5.74, 6) is 0.827. The third-order valence-corrected chi connectivity index (χ3v) is 4.01. The van der Waals surface area contributed by atoms with Crippen LogP contribution in [-0.2, 0) is 6.42 Å². The summed E-state index contributed by atoms with van der Waals surface area (Å²) >= 11 is 3.60. The lowest BCUT2D eigenvalue weighted by molar-refractivity contribution is 0.376. The highest BCUT2D eigenvalue weighted by atomic mass is 79.9. The van der Waals surface area contributed by atoms with Gasteiger partial charge in [-0.05, 0) is 62.4 Å². The second-order valence-electron chi connectivity index (χ2n) is 4.50. The fraction of sp³-hybridized carbons (Fsp3) is 0.538. The normalized spacial score (nSPS) is 21.6. The summed E-state index contributed by atoms with van der Waals surface area (Å²) < 4.78 is 1.24. The van der Waals surface area contributed by atoms with E-state index < -0.39 is 0 Å².